The highest BCUT2D eigenvalue weighted by molar-refractivity contribution is 5.97. The van der Waals surface area contributed by atoms with E-state index in [0.29, 0.717) is 11.3 Å². The van der Waals surface area contributed by atoms with Crippen molar-refractivity contribution in [2.24, 2.45) is 4.99 Å². The van der Waals surface area contributed by atoms with E-state index in [0.717, 1.165) is 6.92 Å². The van der Waals surface area contributed by atoms with Crippen LogP contribution in [0.15, 0.2) is 28.9 Å². The molecular formula is C8H11F2N. The predicted octanol–water partition coefficient (Wildman–Crippen LogP) is 3.15. The standard InChI is InChI=1S/C8H11F2N/c1-5(2)7(4)11-8(10)6(3)9/h1H2,2-4H3/b8-6+,11-7-. The number of hydrogen-bond donors (Lipinski definition) is 0. The number of halogens is 2. The maximum atomic E-state index is 12.4. The smallest absolute Gasteiger partial charge is 0.223 e. The maximum absolute atomic E-state index is 12.4. The van der Waals surface area contributed by atoms with Crippen molar-refractivity contribution in [1.29, 1.82) is 0 Å². The van der Waals surface area contributed by atoms with Crippen LogP contribution in [-0.2, 0) is 0 Å². The Morgan fingerprint density at radius 1 is 1.18 bits per heavy atom. The molecule has 0 aromatic heterocycles. The zero-order chi connectivity index (χ0) is 9.02. The topological polar surface area (TPSA) is 12.4 Å². The third-order valence-corrected chi connectivity index (χ3v) is 1.17. The molecule has 0 fully saturated rings. The van der Waals surface area contributed by atoms with E-state index in [1.807, 2.05) is 0 Å². The number of rotatable bonds is 2. The molecule has 62 valence electrons. The lowest BCUT2D eigenvalue weighted by Crippen LogP contribution is -1.91. The first-order valence-electron chi connectivity index (χ1n) is 3.18. The van der Waals surface area contributed by atoms with Gasteiger partial charge in [0, 0.05) is 5.71 Å². The van der Waals surface area contributed by atoms with Crippen LogP contribution in [0.5, 0.6) is 0 Å². The second-order valence-corrected chi connectivity index (χ2v) is 2.30. The van der Waals surface area contributed by atoms with Crippen molar-refractivity contribution in [3.63, 3.8) is 0 Å². The molecule has 0 aromatic rings. The largest absolute Gasteiger partial charge is 0.244 e. The Labute approximate surface area is 65.1 Å². The number of allylic oxidation sites excluding steroid dienone is 2. The summed E-state index contributed by atoms with van der Waals surface area (Å²) >= 11 is 0. The van der Waals surface area contributed by atoms with E-state index in [1.165, 1.54) is 0 Å². The van der Waals surface area contributed by atoms with Crippen LogP contribution in [0.1, 0.15) is 20.8 Å². The fraction of sp³-hybridized carbons (Fsp3) is 0.375. The Morgan fingerprint density at radius 3 is 1.91 bits per heavy atom. The van der Waals surface area contributed by atoms with E-state index in [9.17, 15) is 8.78 Å². The van der Waals surface area contributed by atoms with Crippen LogP contribution in [0.3, 0.4) is 0 Å². The number of hydrogen-bond acceptors (Lipinski definition) is 1. The minimum Gasteiger partial charge on any atom is -0.223 e. The summed E-state index contributed by atoms with van der Waals surface area (Å²) in [5.74, 6) is -1.99. The molecule has 3 heteroatoms. The SMILES string of the molecule is C=C(C)/C(C)=N\C(F)=C(/C)F. The van der Waals surface area contributed by atoms with E-state index in [1.54, 1.807) is 13.8 Å². The predicted molar refractivity (Wildman–Crippen MR) is 42.8 cm³/mol. The van der Waals surface area contributed by atoms with Crippen LogP contribution in [-0.4, -0.2) is 5.71 Å². The number of nitrogens with zero attached hydrogens (tertiary/aromatic N) is 1. The van der Waals surface area contributed by atoms with E-state index in [4.69, 9.17) is 0 Å². The second-order valence-electron chi connectivity index (χ2n) is 2.30. The third-order valence-electron chi connectivity index (χ3n) is 1.17. The molecule has 0 aromatic carbocycles. The van der Waals surface area contributed by atoms with Crippen molar-refractivity contribution in [3.8, 4) is 0 Å². The van der Waals surface area contributed by atoms with Gasteiger partial charge >= 0.3 is 0 Å². The fourth-order valence-electron chi connectivity index (χ4n) is 0.320. The van der Waals surface area contributed by atoms with Gasteiger partial charge in [0.15, 0.2) is 5.83 Å². The summed E-state index contributed by atoms with van der Waals surface area (Å²) in [6.45, 7) is 7.80. The van der Waals surface area contributed by atoms with Crippen LogP contribution in [0, 0.1) is 0 Å². The van der Waals surface area contributed by atoms with Crippen molar-refractivity contribution in [2.45, 2.75) is 20.8 Å². The highest BCUT2D eigenvalue weighted by Gasteiger charge is 1.99. The number of aliphatic imine (C=N–C) groups is 1. The van der Waals surface area contributed by atoms with Gasteiger partial charge in [0.05, 0.1) is 0 Å². The van der Waals surface area contributed by atoms with Crippen molar-refractivity contribution in [1.82, 2.24) is 0 Å². The molecule has 0 saturated heterocycles. The first-order chi connectivity index (χ1) is 4.95. The van der Waals surface area contributed by atoms with Crippen molar-refractivity contribution in [3.05, 3.63) is 23.9 Å². The van der Waals surface area contributed by atoms with Crippen molar-refractivity contribution >= 4 is 5.71 Å². The summed E-state index contributed by atoms with van der Waals surface area (Å²) in [6, 6.07) is 0. The van der Waals surface area contributed by atoms with Crippen LogP contribution in [0.25, 0.3) is 0 Å². The van der Waals surface area contributed by atoms with Crippen LogP contribution in [0.2, 0.25) is 0 Å². The van der Waals surface area contributed by atoms with Gasteiger partial charge in [-0.05, 0) is 26.3 Å². The van der Waals surface area contributed by atoms with Crippen LogP contribution in [0.4, 0.5) is 8.78 Å². The molecule has 0 spiro atoms. The van der Waals surface area contributed by atoms with Gasteiger partial charge in [-0.1, -0.05) is 6.58 Å². The quantitative estimate of drug-likeness (QED) is 0.433. The normalized spacial score (nSPS) is 14.5. The van der Waals surface area contributed by atoms with Gasteiger partial charge < -0.3 is 0 Å². The molecule has 0 unspecified atom stereocenters. The highest BCUT2D eigenvalue weighted by Crippen LogP contribution is 2.09. The van der Waals surface area contributed by atoms with E-state index in [2.05, 4.69) is 11.6 Å². The zero-order valence-electron chi connectivity index (χ0n) is 6.91. The van der Waals surface area contributed by atoms with Gasteiger partial charge in [-0.25, -0.2) is 9.38 Å². The second kappa shape index (κ2) is 4.01. The summed E-state index contributed by atoms with van der Waals surface area (Å²) in [5.41, 5.74) is 1.03. The van der Waals surface area contributed by atoms with Gasteiger partial charge in [-0.3, -0.25) is 0 Å². The molecule has 1 nitrogen and oxygen atoms in total. The summed E-state index contributed by atoms with van der Waals surface area (Å²) in [5, 5.41) is 0. The molecule has 0 atom stereocenters. The van der Waals surface area contributed by atoms with Gasteiger partial charge in [0.1, 0.15) is 0 Å². The first kappa shape index (κ1) is 10.0. The molecule has 0 N–H and O–H groups in total. The van der Waals surface area contributed by atoms with E-state index < -0.39 is 11.8 Å². The van der Waals surface area contributed by atoms with Gasteiger partial charge in [-0.15, -0.1) is 0 Å². The average molecular weight is 159 g/mol. The highest BCUT2D eigenvalue weighted by atomic mass is 19.2. The lowest BCUT2D eigenvalue weighted by atomic mass is 10.2. The molecule has 0 rings (SSSR count). The van der Waals surface area contributed by atoms with Crippen molar-refractivity contribution in [2.75, 3.05) is 0 Å². The minimum absolute atomic E-state index is 0.402. The Kier molecular flexibility index (Phi) is 3.65. The molecule has 0 aliphatic carbocycles. The van der Waals surface area contributed by atoms with Gasteiger partial charge in [-0.2, -0.15) is 4.39 Å². The Morgan fingerprint density at radius 2 is 1.64 bits per heavy atom. The summed E-state index contributed by atoms with van der Waals surface area (Å²) in [6.07, 6.45) is 0. The summed E-state index contributed by atoms with van der Waals surface area (Å²) in [4.78, 5) is 3.33. The molecule has 0 aliphatic heterocycles. The Balaban J connectivity index is 4.58. The summed E-state index contributed by atoms with van der Waals surface area (Å²) in [7, 11) is 0. The molecule has 11 heavy (non-hydrogen) atoms. The average Bonchev–Trinajstić information content (AvgIpc) is 1.87. The molecule has 0 radical (unpaired) electrons. The first-order valence-corrected chi connectivity index (χ1v) is 3.18. The molecule has 0 bridgehead atoms. The zero-order valence-corrected chi connectivity index (χ0v) is 6.91. The van der Waals surface area contributed by atoms with Gasteiger partial charge in [0.25, 0.3) is 0 Å². The Bertz CT molecular complexity index is 222. The molecule has 0 aliphatic rings. The third kappa shape index (κ3) is 3.65. The fourth-order valence-corrected chi connectivity index (χ4v) is 0.320. The molecule has 0 saturated carbocycles. The molecular weight excluding hydrogens is 148 g/mol. The molecule has 0 heterocycles. The lowest BCUT2D eigenvalue weighted by molar-refractivity contribution is 0.532. The lowest BCUT2D eigenvalue weighted by Gasteiger charge is -1.95. The Hall–Kier alpha value is -0.990. The van der Waals surface area contributed by atoms with Crippen LogP contribution >= 0.6 is 0 Å². The minimum atomic E-state index is -1.08. The van der Waals surface area contributed by atoms with E-state index in [-0.39, 0.29) is 0 Å². The van der Waals surface area contributed by atoms with E-state index >= 15 is 0 Å². The summed E-state index contributed by atoms with van der Waals surface area (Å²) < 4.78 is 24.5. The van der Waals surface area contributed by atoms with Crippen LogP contribution < -0.4 is 0 Å². The van der Waals surface area contributed by atoms with Crippen molar-refractivity contribution < 1.29 is 8.78 Å². The maximum Gasteiger partial charge on any atom is 0.244 e. The van der Waals surface area contributed by atoms with Gasteiger partial charge in [0.2, 0.25) is 5.95 Å². The monoisotopic (exact) mass is 159 g/mol. The molecule has 0 amide bonds.